The summed E-state index contributed by atoms with van der Waals surface area (Å²) in [6.07, 6.45) is 2.50. The molecule has 0 aliphatic heterocycles. The molecule has 0 fully saturated rings. The number of ether oxygens (including phenoxy) is 1. The largest absolute Gasteiger partial charge is 0.496 e. The standard InChI is InChI=1S/C8H12N2O.C2H6/c1-3-6-7(11-2)4-5-10-8(6)9;1-2/h4-5H,3H2,1-2H3,(H2,9,10);1-2H3. The van der Waals surface area contributed by atoms with Gasteiger partial charge in [0, 0.05) is 11.8 Å². The first-order chi connectivity index (χ1) is 6.29. The van der Waals surface area contributed by atoms with Gasteiger partial charge in [-0.3, -0.25) is 0 Å². The fourth-order valence-corrected chi connectivity index (χ4v) is 1.04. The summed E-state index contributed by atoms with van der Waals surface area (Å²) >= 11 is 0. The number of methoxy groups -OCH3 is 1. The number of anilines is 1. The Morgan fingerprint density at radius 1 is 1.46 bits per heavy atom. The van der Waals surface area contributed by atoms with Gasteiger partial charge in [0.05, 0.1) is 7.11 Å². The van der Waals surface area contributed by atoms with E-state index in [9.17, 15) is 0 Å². The molecule has 3 heteroatoms. The Balaban J connectivity index is 0.000000671. The van der Waals surface area contributed by atoms with Gasteiger partial charge in [0.25, 0.3) is 0 Å². The molecule has 0 unspecified atom stereocenters. The number of aromatic nitrogens is 1. The number of rotatable bonds is 2. The molecule has 0 bridgehead atoms. The zero-order valence-electron chi connectivity index (χ0n) is 8.79. The highest BCUT2D eigenvalue weighted by molar-refractivity contribution is 5.48. The van der Waals surface area contributed by atoms with Gasteiger partial charge in [-0.1, -0.05) is 20.8 Å². The van der Waals surface area contributed by atoms with Crippen molar-refractivity contribution in [1.29, 1.82) is 0 Å². The van der Waals surface area contributed by atoms with Crippen LogP contribution in [-0.2, 0) is 6.42 Å². The summed E-state index contributed by atoms with van der Waals surface area (Å²) in [6.45, 7) is 6.02. The minimum Gasteiger partial charge on any atom is -0.496 e. The Morgan fingerprint density at radius 2 is 2.08 bits per heavy atom. The van der Waals surface area contributed by atoms with Gasteiger partial charge in [-0.25, -0.2) is 4.98 Å². The van der Waals surface area contributed by atoms with Crippen LogP contribution in [-0.4, -0.2) is 12.1 Å². The Labute approximate surface area is 79.9 Å². The van der Waals surface area contributed by atoms with E-state index in [4.69, 9.17) is 10.5 Å². The molecule has 13 heavy (non-hydrogen) atoms. The molecule has 3 nitrogen and oxygen atoms in total. The van der Waals surface area contributed by atoms with Gasteiger partial charge in [0.2, 0.25) is 0 Å². The summed E-state index contributed by atoms with van der Waals surface area (Å²) < 4.78 is 5.10. The van der Waals surface area contributed by atoms with Gasteiger partial charge in [-0.2, -0.15) is 0 Å². The molecule has 0 spiro atoms. The topological polar surface area (TPSA) is 48.1 Å². The monoisotopic (exact) mass is 182 g/mol. The maximum Gasteiger partial charge on any atom is 0.130 e. The van der Waals surface area contributed by atoms with Crippen LogP contribution in [0.4, 0.5) is 5.82 Å². The maximum atomic E-state index is 5.62. The third-order valence-corrected chi connectivity index (χ3v) is 1.62. The number of nitrogen functional groups attached to an aromatic ring is 1. The number of hydrogen-bond acceptors (Lipinski definition) is 3. The quantitative estimate of drug-likeness (QED) is 0.763. The van der Waals surface area contributed by atoms with Crippen molar-refractivity contribution < 1.29 is 4.74 Å². The van der Waals surface area contributed by atoms with Crippen LogP contribution in [0, 0.1) is 0 Å². The molecule has 2 N–H and O–H groups in total. The summed E-state index contributed by atoms with van der Waals surface area (Å²) in [7, 11) is 1.63. The average molecular weight is 182 g/mol. The van der Waals surface area contributed by atoms with Crippen molar-refractivity contribution >= 4 is 5.82 Å². The molecule has 0 aliphatic carbocycles. The lowest BCUT2D eigenvalue weighted by atomic mass is 10.2. The first-order valence-corrected chi connectivity index (χ1v) is 4.57. The second-order valence-electron chi connectivity index (χ2n) is 2.23. The van der Waals surface area contributed by atoms with E-state index in [1.165, 1.54) is 0 Å². The number of pyridine rings is 1. The molecule has 0 amide bonds. The van der Waals surface area contributed by atoms with E-state index in [-0.39, 0.29) is 0 Å². The van der Waals surface area contributed by atoms with Crippen molar-refractivity contribution in [3.8, 4) is 5.75 Å². The Kier molecular flexibility index (Phi) is 5.68. The molecule has 0 radical (unpaired) electrons. The van der Waals surface area contributed by atoms with Crippen LogP contribution in [0.25, 0.3) is 0 Å². The van der Waals surface area contributed by atoms with E-state index < -0.39 is 0 Å². The van der Waals surface area contributed by atoms with Gasteiger partial charge in [0.1, 0.15) is 11.6 Å². The zero-order valence-corrected chi connectivity index (χ0v) is 8.79. The van der Waals surface area contributed by atoms with Gasteiger partial charge < -0.3 is 10.5 Å². The first-order valence-electron chi connectivity index (χ1n) is 4.57. The van der Waals surface area contributed by atoms with Crippen LogP contribution in [0.2, 0.25) is 0 Å². The molecule has 1 aromatic heterocycles. The predicted molar refractivity (Wildman–Crippen MR) is 55.9 cm³/mol. The van der Waals surface area contributed by atoms with Gasteiger partial charge in [-0.05, 0) is 12.5 Å². The second kappa shape index (κ2) is 6.29. The molecular weight excluding hydrogens is 164 g/mol. The molecule has 0 aromatic carbocycles. The highest BCUT2D eigenvalue weighted by Crippen LogP contribution is 2.21. The molecule has 1 aromatic rings. The van der Waals surface area contributed by atoms with Crippen LogP contribution in [0.5, 0.6) is 5.75 Å². The lowest BCUT2D eigenvalue weighted by Crippen LogP contribution is -1.99. The molecule has 0 atom stereocenters. The first kappa shape index (κ1) is 11.8. The Hall–Kier alpha value is -1.25. The smallest absolute Gasteiger partial charge is 0.130 e. The summed E-state index contributed by atoms with van der Waals surface area (Å²) in [6, 6.07) is 1.81. The lowest BCUT2D eigenvalue weighted by Gasteiger charge is -2.06. The molecule has 74 valence electrons. The third kappa shape index (κ3) is 2.93. The average Bonchev–Trinajstić information content (AvgIpc) is 2.20. The zero-order chi connectivity index (χ0) is 10.3. The van der Waals surface area contributed by atoms with Crippen molar-refractivity contribution in [1.82, 2.24) is 4.98 Å². The van der Waals surface area contributed by atoms with Crippen LogP contribution in [0.15, 0.2) is 12.3 Å². The summed E-state index contributed by atoms with van der Waals surface area (Å²) in [4.78, 5) is 3.96. The van der Waals surface area contributed by atoms with Gasteiger partial charge in [0.15, 0.2) is 0 Å². The molecule has 0 saturated heterocycles. The van der Waals surface area contributed by atoms with E-state index >= 15 is 0 Å². The highest BCUT2D eigenvalue weighted by atomic mass is 16.5. The minimum absolute atomic E-state index is 0.562. The van der Waals surface area contributed by atoms with Crippen LogP contribution >= 0.6 is 0 Å². The van der Waals surface area contributed by atoms with Crippen molar-refractivity contribution in [3.63, 3.8) is 0 Å². The van der Waals surface area contributed by atoms with Gasteiger partial charge >= 0.3 is 0 Å². The Bertz CT molecular complexity index is 249. The third-order valence-electron chi connectivity index (χ3n) is 1.62. The number of nitrogens with two attached hydrogens (primary N) is 1. The molecule has 0 saturated carbocycles. The SMILES string of the molecule is CC.CCc1c(OC)ccnc1N. The van der Waals surface area contributed by atoms with E-state index in [1.54, 1.807) is 13.3 Å². The van der Waals surface area contributed by atoms with Crippen molar-refractivity contribution in [2.45, 2.75) is 27.2 Å². The maximum absolute atomic E-state index is 5.62. The van der Waals surface area contributed by atoms with Crippen LogP contribution in [0.3, 0.4) is 0 Å². The highest BCUT2D eigenvalue weighted by Gasteiger charge is 2.03. The second-order valence-corrected chi connectivity index (χ2v) is 2.23. The molecule has 0 aliphatic rings. The van der Waals surface area contributed by atoms with E-state index in [0.29, 0.717) is 5.82 Å². The predicted octanol–water partition coefficient (Wildman–Crippen LogP) is 2.26. The fraction of sp³-hybridized carbons (Fsp3) is 0.500. The summed E-state index contributed by atoms with van der Waals surface area (Å²) in [5, 5.41) is 0. The molecule has 1 rings (SSSR count). The fourth-order valence-electron chi connectivity index (χ4n) is 1.04. The summed E-state index contributed by atoms with van der Waals surface area (Å²) in [5.74, 6) is 1.38. The number of hydrogen-bond donors (Lipinski definition) is 1. The normalized spacial score (nSPS) is 8.62. The van der Waals surface area contributed by atoms with E-state index in [2.05, 4.69) is 4.98 Å². The number of nitrogens with zero attached hydrogens (tertiary/aromatic N) is 1. The van der Waals surface area contributed by atoms with E-state index in [1.807, 2.05) is 26.8 Å². The van der Waals surface area contributed by atoms with Crippen molar-refractivity contribution in [2.24, 2.45) is 0 Å². The van der Waals surface area contributed by atoms with Crippen molar-refractivity contribution in [2.75, 3.05) is 12.8 Å². The minimum atomic E-state index is 0.562. The summed E-state index contributed by atoms with van der Waals surface area (Å²) in [5.41, 5.74) is 6.60. The van der Waals surface area contributed by atoms with Crippen LogP contribution < -0.4 is 10.5 Å². The van der Waals surface area contributed by atoms with Gasteiger partial charge in [-0.15, -0.1) is 0 Å². The Morgan fingerprint density at radius 3 is 2.46 bits per heavy atom. The van der Waals surface area contributed by atoms with Crippen LogP contribution in [0.1, 0.15) is 26.3 Å². The van der Waals surface area contributed by atoms with Crippen molar-refractivity contribution in [3.05, 3.63) is 17.8 Å². The molecule has 1 heterocycles. The lowest BCUT2D eigenvalue weighted by molar-refractivity contribution is 0.410. The van der Waals surface area contributed by atoms with E-state index in [0.717, 1.165) is 17.7 Å². The molecular formula is C10H18N2O.